The van der Waals surface area contributed by atoms with Crippen LogP contribution < -0.4 is 5.32 Å². The highest BCUT2D eigenvalue weighted by Gasteiger charge is 2.19. The highest BCUT2D eigenvalue weighted by Crippen LogP contribution is 2.38. The lowest BCUT2D eigenvalue weighted by atomic mass is 10.1. The van der Waals surface area contributed by atoms with Crippen LogP contribution in [0.2, 0.25) is 5.02 Å². The van der Waals surface area contributed by atoms with Crippen LogP contribution in [0.5, 0.6) is 0 Å². The summed E-state index contributed by atoms with van der Waals surface area (Å²) in [5.41, 5.74) is 1.67. The summed E-state index contributed by atoms with van der Waals surface area (Å²) in [6.45, 7) is 0. The van der Waals surface area contributed by atoms with Crippen LogP contribution in [0.25, 0.3) is 20.5 Å². The van der Waals surface area contributed by atoms with Crippen molar-refractivity contribution in [1.29, 1.82) is 0 Å². The van der Waals surface area contributed by atoms with Gasteiger partial charge in [0.2, 0.25) is 0 Å². The van der Waals surface area contributed by atoms with E-state index in [2.05, 4.69) is 20.5 Å². The van der Waals surface area contributed by atoms with Crippen LogP contribution in [0.1, 0.15) is 10.5 Å². The van der Waals surface area contributed by atoms with Gasteiger partial charge >= 0.3 is 5.97 Å². The second kappa shape index (κ2) is 6.19. The van der Waals surface area contributed by atoms with Crippen LogP contribution in [0.4, 0.5) is 11.5 Å². The number of carboxylic acid groups (broad SMARTS) is 1. The minimum Gasteiger partial charge on any atom is -0.476 e. The molecule has 3 N–H and O–H groups in total. The van der Waals surface area contributed by atoms with Crippen LogP contribution in [-0.4, -0.2) is 26.3 Å². The molecule has 0 fully saturated rings. The van der Waals surface area contributed by atoms with Crippen LogP contribution in [0.3, 0.4) is 0 Å². The van der Waals surface area contributed by atoms with Gasteiger partial charge in [0.1, 0.15) is 0 Å². The number of rotatable bonds is 4. The van der Waals surface area contributed by atoms with E-state index < -0.39 is 5.97 Å². The van der Waals surface area contributed by atoms with E-state index in [4.69, 9.17) is 11.6 Å². The van der Waals surface area contributed by atoms with E-state index >= 15 is 0 Å². The highest BCUT2D eigenvalue weighted by molar-refractivity contribution is 7.22. The first-order valence-electron chi connectivity index (χ1n) is 7.31. The number of hydrogen-bond donors (Lipinski definition) is 3. The molecule has 0 radical (unpaired) electrons. The molecule has 6 nitrogen and oxygen atoms in total. The zero-order chi connectivity index (χ0) is 17.4. The number of H-pyrrole nitrogens is 1. The quantitative estimate of drug-likeness (QED) is 0.480. The second-order valence-electron chi connectivity index (χ2n) is 5.29. The number of aromatic nitrogens is 3. The molecule has 0 spiro atoms. The summed E-state index contributed by atoms with van der Waals surface area (Å²) in [6.07, 6.45) is 3.56. The summed E-state index contributed by atoms with van der Waals surface area (Å²) in [4.78, 5) is 15.3. The number of hydrogen-bond acceptors (Lipinski definition) is 5. The van der Waals surface area contributed by atoms with Gasteiger partial charge in [-0.3, -0.25) is 0 Å². The van der Waals surface area contributed by atoms with Gasteiger partial charge in [-0.2, -0.15) is 0 Å². The largest absolute Gasteiger partial charge is 0.476 e. The fourth-order valence-electron chi connectivity index (χ4n) is 2.50. The van der Waals surface area contributed by atoms with Crippen LogP contribution >= 0.6 is 22.9 Å². The van der Waals surface area contributed by atoms with Crippen molar-refractivity contribution in [2.24, 2.45) is 0 Å². The van der Waals surface area contributed by atoms with Crippen LogP contribution in [0.15, 0.2) is 48.8 Å². The number of aromatic amines is 1. The van der Waals surface area contributed by atoms with Crippen LogP contribution in [-0.2, 0) is 0 Å². The average Bonchev–Trinajstić information content (AvgIpc) is 3.24. The monoisotopic (exact) mass is 370 g/mol. The zero-order valence-corrected chi connectivity index (χ0v) is 14.2. The zero-order valence-electron chi connectivity index (χ0n) is 12.7. The third kappa shape index (κ3) is 2.95. The maximum Gasteiger partial charge on any atom is 0.357 e. The Bertz CT molecular complexity index is 1080. The molecule has 0 aliphatic heterocycles. The lowest BCUT2D eigenvalue weighted by molar-refractivity contribution is 0.0692. The minimum atomic E-state index is -1.11. The molecular weight excluding hydrogens is 360 g/mol. The number of carbonyl (C=O) groups is 1. The molecule has 3 aromatic heterocycles. The Morgan fingerprint density at radius 3 is 2.84 bits per heavy atom. The first kappa shape index (κ1) is 15.6. The molecule has 124 valence electrons. The molecule has 0 atom stereocenters. The molecule has 1 aromatic carbocycles. The summed E-state index contributed by atoms with van der Waals surface area (Å²) in [7, 11) is 0. The number of benzene rings is 1. The van der Waals surface area contributed by atoms with Gasteiger partial charge in [-0.05, 0) is 29.8 Å². The molecule has 4 rings (SSSR count). The molecule has 0 amide bonds. The molecule has 0 aliphatic carbocycles. The summed E-state index contributed by atoms with van der Waals surface area (Å²) < 4.78 is 0.565. The molecule has 3 heterocycles. The Morgan fingerprint density at radius 2 is 2.12 bits per heavy atom. The van der Waals surface area contributed by atoms with E-state index in [-0.39, 0.29) is 5.69 Å². The Labute approximate surface area is 151 Å². The topological polar surface area (TPSA) is 90.9 Å². The third-order valence-corrected chi connectivity index (χ3v) is 5.05. The molecule has 0 aliphatic rings. The summed E-state index contributed by atoms with van der Waals surface area (Å²) in [6, 6.07) is 11.2. The van der Waals surface area contributed by atoms with E-state index in [9.17, 15) is 9.90 Å². The van der Waals surface area contributed by atoms with Crippen molar-refractivity contribution < 1.29 is 9.90 Å². The number of thiophene rings is 1. The van der Waals surface area contributed by atoms with Crippen molar-refractivity contribution in [2.45, 2.75) is 0 Å². The van der Waals surface area contributed by atoms with Gasteiger partial charge in [0.15, 0.2) is 11.5 Å². The van der Waals surface area contributed by atoms with E-state index in [1.807, 2.05) is 30.3 Å². The third-order valence-electron chi connectivity index (χ3n) is 3.62. The SMILES string of the molecule is O=C(O)c1nnc(Nc2cc[nH]c2)c2cc(-c3cccc(Cl)c3)sc12. The molecule has 0 saturated carbocycles. The normalized spacial score (nSPS) is 10.9. The van der Waals surface area contributed by atoms with Crippen molar-refractivity contribution in [1.82, 2.24) is 15.2 Å². The van der Waals surface area contributed by atoms with E-state index in [1.165, 1.54) is 11.3 Å². The van der Waals surface area contributed by atoms with Gasteiger partial charge in [0.25, 0.3) is 0 Å². The number of nitrogens with one attached hydrogen (secondary N) is 2. The van der Waals surface area contributed by atoms with E-state index in [0.717, 1.165) is 16.1 Å². The maximum absolute atomic E-state index is 11.5. The highest BCUT2D eigenvalue weighted by atomic mass is 35.5. The number of nitrogens with zero attached hydrogens (tertiary/aromatic N) is 2. The summed E-state index contributed by atoms with van der Waals surface area (Å²) in [5.74, 6) is -0.602. The summed E-state index contributed by atoms with van der Waals surface area (Å²) in [5, 5.41) is 21.8. The van der Waals surface area contributed by atoms with Crippen molar-refractivity contribution in [3.05, 3.63) is 59.5 Å². The molecule has 4 aromatic rings. The predicted octanol–water partition coefficient (Wildman–Crippen LogP) is 4.78. The number of halogens is 1. The van der Waals surface area contributed by atoms with Gasteiger partial charge in [-0.15, -0.1) is 21.5 Å². The fraction of sp³-hybridized carbons (Fsp3) is 0. The Morgan fingerprint density at radius 1 is 1.24 bits per heavy atom. The average molecular weight is 371 g/mol. The number of fused-ring (bicyclic) bond motifs is 1. The van der Waals surface area contributed by atoms with E-state index in [0.29, 0.717) is 20.9 Å². The Kier molecular flexibility index (Phi) is 3.87. The number of anilines is 2. The molecule has 0 saturated heterocycles. The smallest absolute Gasteiger partial charge is 0.357 e. The maximum atomic E-state index is 11.5. The fourth-order valence-corrected chi connectivity index (χ4v) is 3.82. The van der Waals surface area contributed by atoms with Gasteiger partial charge in [0, 0.05) is 27.7 Å². The first-order valence-corrected chi connectivity index (χ1v) is 8.50. The van der Waals surface area contributed by atoms with E-state index in [1.54, 1.807) is 18.5 Å². The number of aromatic carboxylic acids is 1. The van der Waals surface area contributed by atoms with Crippen molar-refractivity contribution in [3.8, 4) is 10.4 Å². The van der Waals surface area contributed by atoms with Gasteiger partial charge < -0.3 is 15.4 Å². The first-order chi connectivity index (χ1) is 12.1. The van der Waals surface area contributed by atoms with Gasteiger partial charge in [-0.25, -0.2) is 4.79 Å². The van der Waals surface area contributed by atoms with Gasteiger partial charge in [-0.1, -0.05) is 23.7 Å². The van der Waals surface area contributed by atoms with Crippen molar-refractivity contribution in [2.75, 3.05) is 5.32 Å². The van der Waals surface area contributed by atoms with Crippen molar-refractivity contribution >= 4 is 50.5 Å². The molecule has 8 heteroatoms. The minimum absolute atomic E-state index is 0.0621. The molecular formula is C17H11ClN4O2S. The Hall–Kier alpha value is -2.90. The Balaban J connectivity index is 1.90. The predicted molar refractivity (Wildman–Crippen MR) is 98.9 cm³/mol. The van der Waals surface area contributed by atoms with Gasteiger partial charge in [0.05, 0.1) is 10.4 Å². The standard InChI is InChI=1S/C17H11ClN4O2S/c18-10-3-1-2-9(6-10)13-7-12-15(25-13)14(17(23)24)21-22-16(12)20-11-4-5-19-8-11/h1-8,19H,(H,20,22)(H,23,24). The van der Waals surface area contributed by atoms with Crippen molar-refractivity contribution in [3.63, 3.8) is 0 Å². The number of carboxylic acids is 1. The molecule has 25 heavy (non-hydrogen) atoms. The summed E-state index contributed by atoms with van der Waals surface area (Å²) >= 11 is 7.42. The lowest BCUT2D eigenvalue weighted by Crippen LogP contribution is -2.04. The molecule has 0 bridgehead atoms. The lowest BCUT2D eigenvalue weighted by Gasteiger charge is -2.04. The molecule has 0 unspecified atom stereocenters. The van der Waals surface area contributed by atoms with Crippen LogP contribution in [0, 0.1) is 0 Å². The second-order valence-corrected chi connectivity index (χ2v) is 6.78.